The third-order valence-corrected chi connectivity index (χ3v) is 4.62. The molecule has 0 unspecified atom stereocenters. The number of furan rings is 1. The predicted octanol–water partition coefficient (Wildman–Crippen LogP) is 3.59. The Hall–Kier alpha value is -1.33. The maximum Gasteiger partial charge on any atom is 0.211 e. The number of hydrogen-bond acceptors (Lipinski definition) is 4. The van der Waals surface area contributed by atoms with Crippen molar-refractivity contribution in [3.05, 3.63) is 58.0 Å². The van der Waals surface area contributed by atoms with Gasteiger partial charge < -0.3 is 4.42 Å². The van der Waals surface area contributed by atoms with E-state index in [1.54, 1.807) is 18.2 Å². The minimum atomic E-state index is 0.0317. The number of carbonyl (C=O) groups is 1. The van der Waals surface area contributed by atoms with Gasteiger partial charge in [-0.2, -0.15) is 0 Å². The third-order valence-electron chi connectivity index (χ3n) is 4.04. The molecule has 0 amide bonds. The quantitative estimate of drug-likeness (QED) is 0.770. The van der Waals surface area contributed by atoms with Gasteiger partial charge in [-0.05, 0) is 29.8 Å². The van der Waals surface area contributed by atoms with Crippen LogP contribution in [0, 0.1) is 0 Å². The van der Waals surface area contributed by atoms with Crippen LogP contribution in [0.1, 0.15) is 16.1 Å². The van der Waals surface area contributed by atoms with Gasteiger partial charge in [0.1, 0.15) is 0 Å². The molecule has 1 saturated heterocycles. The standard InChI is InChI=1S/C17H18Cl2N2O2/c18-14-4-3-13(15(19)10-14)11-20-5-7-21(8-6-20)12-16(22)17-2-1-9-23-17/h1-4,9-10H,5-8,11-12H2. The van der Waals surface area contributed by atoms with E-state index in [4.69, 9.17) is 27.6 Å². The largest absolute Gasteiger partial charge is 0.461 e. The molecule has 3 rings (SSSR count). The highest BCUT2D eigenvalue weighted by atomic mass is 35.5. The van der Waals surface area contributed by atoms with Crippen molar-refractivity contribution >= 4 is 29.0 Å². The molecule has 0 atom stereocenters. The van der Waals surface area contributed by atoms with Crippen LogP contribution in [-0.4, -0.2) is 48.3 Å². The van der Waals surface area contributed by atoms with Crippen molar-refractivity contribution in [2.45, 2.75) is 6.54 Å². The lowest BCUT2D eigenvalue weighted by molar-refractivity contribution is 0.0819. The van der Waals surface area contributed by atoms with Crippen molar-refractivity contribution < 1.29 is 9.21 Å². The van der Waals surface area contributed by atoms with Crippen LogP contribution >= 0.6 is 23.2 Å². The minimum absolute atomic E-state index is 0.0317. The van der Waals surface area contributed by atoms with Crippen molar-refractivity contribution in [3.8, 4) is 0 Å². The number of carbonyl (C=O) groups excluding carboxylic acids is 1. The molecule has 0 bridgehead atoms. The van der Waals surface area contributed by atoms with Crippen molar-refractivity contribution in [3.63, 3.8) is 0 Å². The Morgan fingerprint density at radius 2 is 1.83 bits per heavy atom. The summed E-state index contributed by atoms with van der Waals surface area (Å²) in [6.45, 7) is 4.74. The molecule has 23 heavy (non-hydrogen) atoms. The van der Waals surface area contributed by atoms with Gasteiger partial charge in [0.2, 0.25) is 5.78 Å². The van der Waals surface area contributed by atoms with E-state index in [1.807, 2.05) is 12.1 Å². The van der Waals surface area contributed by atoms with Crippen molar-refractivity contribution in [1.29, 1.82) is 0 Å². The summed E-state index contributed by atoms with van der Waals surface area (Å²) >= 11 is 12.2. The lowest BCUT2D eigenvalue weighted by Gasteiger charge is -2.34. The van der Waals surface area contributed by atoms with Gasteiger partial charge in [0, 0.05) is 42.8 Å². The van der Waals surface area contributed by atoms with Crippen molar-refractivity contribution in [1.82, 2.24) is 9.80 Å². The Kier molecular flexibility index (Phi) is 5.38. The van der Waals surface area contributed by atoms with E-state index in [0.717, 1.165) is 38.3 Å². The summed E-state index contributed by atoms with van der Waals surface area (Å²) in [6.07, 6.45) is 1.53. The number of piperazine rings is 1. The number of benzene rings is 1. The zero-order valence-electron chi connectivity index (χ0n) is 12.7. The summed E-state index contributed by atoms with van der Waals surface area (Å²) in [5.41, 5.74) is 1.08. The molecule has 2 aromatic rings. The van der Waals surface area contributed by atoms with Gasteiger partial charge in [0.25, 0.3) is 0 Å². The van der Waals surface area contributed by atoms with Crippen LogP contribution < -0.4 is 0 Å². The average molecular weight is 353 g/mol. The first-order valence-electron chi connectivity index (χ1n) is 7.57. The fourth-order valence-electron chi connectivity index (χ4n) is 2.71. The first-order chi connectivity index (χ1) is 11.1. The zero-order valence-corrected chi connectivity index (χ0v) is 14.2. The molecule has 0 spiro atoms. The molecule has 1 aliphatic rings. The number of nitrogens with zero attached hydrogens (tertiary/aromatic N) is 2. The topological polar surface area (TPSA) is 36.7 Å². The Bertz CT molecular complexity index is 665. The predicted molar refractivity (Wildman–Crippen MR) is 91.2 cm³/mol. The molecule has 0 saturated carbocycles. The minimum Gasteiger partial charge on any atom is -0.461 e. The lowest BCUT2D eigenvalue weighted by Crippen LogP contribution is -2.47. The Morgan fingerprint density at radius 1 is 1.09 bits per heavy atom. The van der Waals surface area contributed by atoms with Crippen LogP contribution in [0.4, 0.5) is 0 Å². The van der Waals surface area contributed by atoms with Crippen LogP contribution in [0.25, 0.3) is 0 Å². The first-order valence-corrected chi connectivity index (χ1v) is 8.33. The Labute approximate surface area is 145 Å². The van der Waals surface area contributed by atoms with Gasteiger partial charge in [-0.15, -0.1) is 0 Å². The molecule has 1 fully saturated rings. The molecular formula is C17H18Cl2N2O2. The second-order valence-electron chi connectivity index (χ2n) is 5.69. The molecule has 4 nitrogen and oxygen atoms in total. The van der Waals surface area contributed by atoms with Crippen LogP contribution in [0.2, 0.25) is 10.0 Å². The Morgan fingerprint density at radius 3 is 2.48 bits per heavy atom. The van der Waals surface area contributed by atoms with Gasteiger partial charge in [0.15, 0.2) is 5.76 Å². The molecule has 1 aliphatic heterocycles. The molecule has 1 aromatic heterocycles. The summed E-state index contributed by atoms with van der Waals surface area (Å²) in [5.74, 6) is 0.463. The number of halogens is 2. The molecule has 0 radical (unpaired) electrons. The van der Waals surface area contributed by atoms with Gasteiger partial charge in [-0.25, -0.2) is 0 Å². The van der Waals surface area contributed by atoms with Gasteiger partial charge in [-0.1, -0.05) is 29.3 Å². The number of ketones is 1. The van der Waals surface area contributed by atoms with E-state index >= 15 is 0 Å². The van der Waals surface area contributed by atoms with Gasteiger partial charge >= 0.3 is 0 Å². The highest BCUT2D eigenvalue weighted by molar-refractivity contribution is 6.35. The molecule has 2 heterocycles. The second kappa shape index (κ2) is 7.49. The van der Waals surface area contributed by atoms with Gasteiger partial charge in [0.05, 0.1) is 12.8 Å². The summed E-state index contributed by atoms with van der Waals surface area (Å²) in [7, 11) is 0. The molecule has 1 aromatic carbocycles. The van der Waals surface area contributed by atoms with Crippen LogP contribution in [0.5, 0.6) is 0 Å². The highest BCUT2D eigenvalue weighted by Gasteiger charge is 2.21. The van der Waals surface area contributed by atoms with E-state index in [9.17, 15) is 4.79 Å². The number of Topliss-reactive ketones (excluding diaryl/α,β-unsaturated/α-hetero) is 1. The third kappa shape index (κ3) is 4.36. The van der Waals surface area contributed by atoms with E-state index in [2.05, 4.69) is 9.80 Å². The van der Waals surface area contributed by atoms with E-state index < -0.39 is 0 Å². The van der Waals surface area contributed by atoms with E-state index in [1.165, 1.54) is 6.26 Å². The molecule has 122 valence electrons. The fraction of sp³-hybridized carbons (Fsp3) is 0.353. The zero-order chi connectivity index (χ0) is 16.2. The van der Waals surface area contributed by atoms with Crippen LogP contribution in [-0.2, 0) is 6.54 Å². The molecule has 6 heteroatoms. The Balaban J connectivity index is 1.49. The summed E-state index contributed by atoms with van der Waals surface area (Å²) < 4.78 is 5.15. The molecule has 0 aliphatic carbocycles. The second-order valence-corrected chi connectivity index (χ2v) is 6.53. The van der Waals surface area contributed by atoms with Crippen molar-refractivity contribution in [2.24, 2.45) is 0 Å². The molecule has 0 N–H and O–H groups in total. The van der Waals surface area contributed by atoms with E-state index in [-0.39, 0.29) is 5.78 Å². The normalized spacial score (nSPS) is 16.6. The highest BCUT2D eigenvalue weighted by Crippen LogP contribution is 2.22. The van der Waals surface area contributed by atoms with E-state index in [0.29, 0.717) is 22.4 Å². The van der Waals surface area contributed by atoms with Gasteiger partial charge in [-0.3, -0.25) is 14.6 Å². The summed E-state index contributed by atoms with van der Waals surface area (Å²) in [4.78, 5) is 16.5. The fourth-order valence-corrected chi connectivity index (χ4v) is 3.18. The summed E-state index contributed by atoms with van der Waals surface area (Å²) in [6, 6.07) is 9.05. The maximum absolute atomic E-state index is 12.0. The number of hydrogen-bond donors (Lipinski definition) is 0. The van der Waals surface area contributed by atoms with Crippen molar-refractivity contribution in [2.75, 3.05) is 32.7 Å². The SMILES string of the molecule is O=C(CN1CCN(Cc2ccc(Cl)cc2Cl)CC1)c1ccco1. The smallest absolute Gasteiger partial charge is 0.211 e. The monoisotopic (exact) mass is 352 g/mol. The average Bonchev–Trinajstić information content (AvgIpc) is 3.06. The molecular weight excluding hydrogens is 335 g/mol. The van der Waals surface area contributed by atoms with Crippen LogP contribution in [0.3, 0.4) is 0 Å². The summed E-state index contributed by atoms with van der Waals surface area (Å²) in [5, 5.41) is 1.35. The van der Waals surface area contributed by atoms with Crippen LogP contribution in [0.15, 0.2) is 41.0 Å². The first kappa shape index (κ1) is 16.5. The maximum atomic E-state index is 12.0. The lowest BCUT2D eigenvalue weighted by atomic mass is 10.2. The number of rotatable bonds is 5.